The van der Waals surface area contributed by atoms with Crippen LogP contribution < -0.4 is 14.2 Å². The van der Waals surface area contributed by atoms with Gasteiger partial charge in [0.05, 0.1) is 14.2 Å². The van der Waals surface area contributed by atoms with Crippen LogP contribution in [0, 0.1) is 12.3 Å². The minimum Gasteiger partial charge on any atom is -0.493 e. The van der Waals surface area contributed by atoms with E-state index >= 15 is 0 Å². The lowest BCUT2D eigenvalue weighted by molar-refractivity contribution is -0.0108. The number of alkyl halides is 1. The van der Waals surface area contributed by atoms with Crippen molar-refractivity contribution in [3.8, 4) is 17.2 Å². The van der Waals surface area contributed by atoms with Crippen molar-refractivity contribution in [2.45, 2.75) is 38.1 Å². The molecule has 0 amide bonds. The van der Waals surface area contributed by atoms with Gasteiger partial charge in [-0.2, -0.15) is 0 Å². The van der Waals surface area contributed by atoms with E-state index in [1.165, 1.54) is 0 Å². The summed E-state index contributed by atoms with van der Waals surface area (Å²) in [7, 11) is 3.31. The lowest BCUT2D eigenvalue weighted by Crippen LogP contribution is -2.53. The van der Waals surface area contributed by atoms with E-state index in [2.05, 4.69) is 29.8 Å². The monoisotopic (exact) mass is 328 g/mol. The first-order chi connectivity index (χ1) is 8.90. The molecule has 0 bridgehead atoms. The highest BCUT2D eigenvalue weighted by Crippen LogP contribution is 2.50. The second-order valence-electron chi connectivity index (χ2n) is 5.63. The maximum Gasteiger partial charge on any atom is 0.203 e. The number of halogens is 1. The first-order valence-electron chi connectivity index (χ1n) is 6.43. The molecule has 2 unspecified atom stereocenters. The van der Waals surface area contributed by atoms with Crippen LogP contribution in [0.4, 0.5) is 0 Å². The van der Waals surface area contributed by atoms with Crippen molar-refractivity contribution in [3.05, 3.63) is 17.7 Å². The Balaban J connectivity index is 2.29. The zero-order valence-corrected chi connectivity index (χ0v) is 13.7. The maximum absolute atomic E-state index is 6.16. The number of benzene rings is 1. The van der Waals surface area contributed by atoms with Gasteiger partial charge in [-0.25, -0.2) is 0 Å². The van der Waals surface area contributed by atoms with Gasteiger partial charge in [0.25, 0.3) is 0 Å². The van der Waals surface area contributed by atoms with E-state index < -0.39 is 0 Å². The van der Waals surface area contributed by atoms with E-state index in [-0.39, 0.29) is 11.5 Å². The standard InChI is InChI=1S/C15H21BrO3/c1-9-6-10(17-4)14(11(7-9)18-5)19-13-8-12(16)15(13,2)3/h6-7,12-13H,8H2,1-5H3. The van der Waals surface area contributed by atoms with Crippen molar-refractivity contribution in [3.63, 3.8) is 0 Å². The van der Waals surface area contributed by atoms with Crippen LogP contribution in [0.5, 0.6) is 17.2 Å². The predicted octanol–water partition coefficient (Wildman–Crippen LogP) is 3.95. The molecule has 4 heteroatoms. The molecule has 0 heterocycles. The zero-order chi connectivity index (χ0) is 14.2. The van der Waals surface area contributed by atoms with Gasteiger partial charge in [0, 0.05) is 10.2 Å². The molecule has 3 nitrogen and oxygen atoms in total. The van der Waals surface area contributed by atoms with Gasteiger partial charge in [-0.15, -0.1) is 0 Å². The SMILES string of the molecule is COc1cc(C)cc(OC)c1OC1CC(Br)C1(C)C. The Morgan fingerprint density at radius 1 is 1.16 bits per heavy atom. The fourth-order valence-electron chi connectivity index (χ4n) is 2.31. The van der Waals surface area contributed by atoms with Gasteiger partial charge in [0.15, 0.2) is 11.5 Å². The third kappa shape index (κ3) is 2.55. The Kier molecular flexibility index (Phi) is 4.00. The molecule has 0 spiro atoms. The minimum absolute atomic E-state index is 0.112. The van der Waals surface area contributed by atoms with E-state index in [1.807, 2.05) is 19.1 Å². The van der Waals surface area contributed by atoms with Gasteiger partial charge < -0.3 is 14.2 Å². The summed E-state index contributed by atoms with van der Waals surface area (Å²) < 4.78 is 17.0. The highest BCUT2D eigenvalue weighted by molar-refractivity contribution is 9.09. The second kappa shape index (κ2) is 5.23. The molecule has 106 valence electrons. The van der Waals surface area contributed by atoms with Crippen molar-refractivity contribution >= 4 is 15.9 Å². The highest BCUT2D eigenvalue weighted by Gasteiger charge is 2.49. The lowest BCUT2D eigenvalue weighted by Gasteiger charge is -2.48. The number of aryl methyl sites for hydroxylation is 1. The number of hydrogen-bond acceptors (Lipinski definition) is 3. The van der Waals surface area contributed by atoms with E-state index in [0.29, 0.717) is 10.6 Å². The predicted molar refractivity (Wildman–Crippen MR) is 79.8 cm³/mol. The molecule has 1 aromatic carbocycles. The number of ether oxygens (including phenoxy) is 3. The average Bonchev–Trinajstić information content (AvgIpc) is 2.39. The molecule has 1 aliphatic carbocycles. The Morgan fingerprint density at radius 2 is 1.68 bits per heavy atom. The van der Waals surface area contributed by atoms with Crippen LogP contribution in [0.3, 0.4) is 0 Å². The molecule has 0 saturated heterocycles. The molecule has 2 atom stereocenters. The molecule has 0 radical (unpaired) electrons. The third-order valence-electron chi connectivity index (χ3n) is 3.92. The summed E-state index contributed by atoms with van der Waals surface area (Å²) in [6, 6.07) is 3.93. The molecule has 1 fully saturated rings. The van der Waals surface area contributed by atoms with Gasteiger partial charge in [0.1, 0.15) is 6.10 Å². The molecular weight excluding hydrogens is 308 g/mol. The Morgan fingerprint density at radius 3 is 2.05 bits per heavy atom. The summed E-state index contributed by atoms with van der Waals surface area (Å²) in [6.45, 7) is 6.41. The summed E-state index contributed by atoms with van der Waals surface area (Å²) >= 11 is 3.68. The first-order valence-corrected chi connectivity index (χ1v) is 7.35. The summed E-state index contributed by atoms with van der Waals surface area (Å²) in [6.07, 6.45) is 1.16. The maximum atomic E-state index is 6.16. The Labute approximate surface area is 123 Å². The quantitative estimate of drug-likeness (QED) is 0.783. The largest absolute Gasteiger partial charge is 0.493 e. The normalized spacial score (nSPS) is 24.5. The topological polar surface area (TPSA) is 27.7 Å². The van der Waals surface area contributed by atoms with Gasteiger partial charge >= 0.3 is 0 Å². The summed E-state index contributed by atoms with van der Waals surface area (Å²) in [5.41, 5.74) is 1.20. The summed E-state index contributed by atoms with van der Waals surface area (Å²) in [4.78, 5) is 0.493. The Bertz CT molecular complexity index is 445. The van der Waals surface area contributed by atoms with Crippen LogP contribution >= 0.6 is 15.9 Å². The fraction of sp³-hybridized carbons (Fsp3) is 0.600. The van der Waals surface area contributed by atoms with E-state index in [1.54, 1.807) is 14.2 Å². The van der Waals surface area contributed by atoms with Crippen LogP contribution in [0.15, 0.2) is 12.1 Å². The molecule has 0 aromatic heterocycles. The van der Waals surface area contributed by atoms with Crippen LogP contribution in [0.2, 0.25) is 0 Å². The third-order valence-corrected chi connectivity index (χ3v) is 5.48. The summed E-state index contributed by atoms with van der Waals surface area (Å²) in [5.74, 6) is 2.16. The number of methoxy groups -OCH3 is 2. The smallest absolute Gasteiger partial charge is 0.203 e. The Hall–Kier alpha value is -0.900. The van der Waals surface area contributed by atoms with Crippen LogP contribution in [-0.2, 0) is 0 Å². The van der Waals surface area contributed by atoms with Gasteiger partial charge in [-0.05, 0) is 31.0 Å². The van der Waals surface area contributed by atoms with Crippen molar-refractivity contribution in [1.82, 2.24) is 0 Å². The molecule has 1 aliphatic rings. The molecule has 19 heavy (non-hydrogen) atoms. The van der Waals surface area contributed by atoms with Gasteiger partial charge in [-0.1, -0.05) is 29.8 Å². The fourth-order valence-corrected chi connectivity index (χ4v) is 2.94. The number of hydrogen-bond donors (Lipinski definition) is 0. The molecule has 2 rings (SSSR count). The van der Waals surface area contributed by atoms with Gasteiger partial charge in [0.2, 0.25) is 5.75 Å². The van der Waals surface area contributed by atoms with E-state index in [4.69, 9.17) is 14.2 Å². The number of rotatable bonds is 4. The summed E-state index contributed by atoms with van der Waals surface area (Å²) in [5, 5.41) is 0. The zero-order valence-electron chi connectivity index (χ0n) is 12.1. The van der Waals surface area contributed by atoms with Crippen LogP contribution in [-0.4, -0.2) is 25.2 Å². The van der Waals surface area contributed by atoms with Crippen LogP contribution in [0.1, 0.15) is 25.8 Å². The molecule has 0 aliphatic heterocycles. The van der Waals surface area contributed by atoms with Crippen molar-refractivity contribution in [2.24, 2.45) is 5.41 Å². The van der Waals surface area contributed by atoms with Gasteiger partial charge in [-0.3, -0.25) is 0 Å². The van der Waals surface area contributed by atoms with E-state index in [0.717, 1.165) is 23.5 Å². The van der Waals surface area contributed by atoms with E-state index in [9.17, 15) is 0 Å². The van der Waals surface area contributed by atoms with Crippen LogP contribution in [0.25, 0.3) is 0 Å². The highest BCUT2D eigenvalue weighted by atomic mass is 79.9. The van der Waals surface area contributed by atoms with Crippen molar-refractivity contribution in [1.29, 1.82) is 0 Å². The first kappa shape index (κ1) is 14.5. The minimum atomic E-state index is 0.112. The average molecular weight is 329 g/mol. The lowest BCUT2D eigenvalue weighted by atomic mass is 9.69. The molecular formula is C15H21BrO3. The van der Waals surface area contributed by atoms with Crippen molar-refractivity contribution in [2.75, 3.05) is 14.2 Å². The molecule has 1 aromatic rings. The van der Waals surface area contributed by atoms with Crippen molar-refractivity contribution < 1.29 is 14.2 Å². The molecule has 1 saturated carbocycles. The second-order valence-corrected chi connectivity index (χ2v) is 6.73. The molecule has 0 N–H and O–H groups in total.